The van der Waals surface area contributed by atoms with E-state index in [1.54, 1.807) is 13.8 Å². The monoisotopic (exact) mass is 235 g/mol. The lowest BCUT2D eigenvalue weighted by Crippen LogP contribution is -2.17. The van der Waals surface area contributed by atoms with Gasteiger partial charge < -0.3 is 0 Å². The van der Waals surface area contributed by atoms with Gasteiger partial charge in [-0.05, 0) is 41.5 Å². The largest absolute Gasteiger partial charge is 0.366 e. The quantitative estimate of drug-likeness (QED) is 0.601. The third-order valence-corrected chi connectivity index (χ3v) is 2.49. The Balaban J connectivity index is 2.77. The first-order valence-corrected chi connectivity index (χ1v) is 4.77. The Bertz CT molecular complexity index is 642. The van der Waals surface area contributed by atoms with Gasteiger partial charge >= 0.3 is 5.69 Å². The van der Waals surface area contributed by atoms with Crippen LogP contribution in [0.5, 0.6) is 0 Å². The Morgan fingerprint density at radius 2 is 2.00 bits per heavy atom. The van der Waals surface area contributed by atoms with Crippen LogP contribution >= 0.6 is 0 Å². The summed E-state index contributed by atoms with van der Waals surface area (Å²) in [6, 6.07) is 2.95. The van der Waals surface area contributed by atoms with Crippen molar-refractivity contribution in [2.24, 2.45) is 0 Å². The van der Waals surface area contributed by atoms with E-state index in [0.29, 0.717) is 0 Å². The SMILES string of the molecule is Cc1cc(-n2nn[nH]c2=O)c([N+](=O)[O-])cc1C. The highest BCUT2D eigenvalue weighted by Crippen LogP contribution is 2.24. The molecule has 0 fully saturated rings. The van der Waals surface area contributed by atoms with Crippen molar-refractivity contribution < 1.29 is 4.92 Å². The van der Waals surface area contributed by atoms with Gasteiger partial charge in [-0.15, -0.1) is 0 Å². The summed E-state index contributed by atoms with van der Waals surface area (Å²) >= 11 is 0. The van der Waals surface area contributed by atoms with E-state index in [4.69, 9.17) is 0 Å². The summed E-state index contributed by atoms with van der Waals surface area (Å²) in [5.41, 5.74) is 0.926. The topological polar surface area (TPSA) is 107 Å². The fourth-order valence-electron chi connectivity index (χ4n) is 1.46. The van der Waals surface area contributed by atoms with Crippen LogP contribution < -0.4 is 5.69 Å². The second-order valence-corrected chi connectivity index (χ2v) is 3.60. The van der Waals surface area contributed by atoms with Gasteiger partial charge in [0, 0.05) is 6.07 Å². The molecule has 0 radical (unpaired) electrons. The van der Waals surface area contributed by atoms with Gasteiger partial charge in [-0.3, -0.25) is 10.1 Å². The Morgan fingerprint density at radius 3 is 2.53 bits per heavy atom. The molecular weight excluding hydrogens is 226 g/mol. The molecule has 1 aromatic heterocycles. The van der Waals surface area contributed by atoms with Crippen molar-refractivity contribution in [3.63, 3.8) is 0 Å². The molecule has 0 atom stereocenters. The van der Waals surface area contributed by atoms with Crippen LogP contribution in [0.25, 0.3) is 5.69 Å². The van der Waals surface area contributed by atoms with E-state index in [1.807, 2.05) is 0 Å². The number of H-pyrrole nitrogens is 1. The lowest BCUT2D eigenvalue weighted by atomic mass is 10.1. The van der Waals surface area contributed by atoms with Crippen molar-refractivity contribution in [1.29, 1.82) is 0 Å². The molecule has 1 heterocycles. The van der Waals surface area contributed by atoms with Crippen molar-refractivity contribution in [2.45, 2.75) is 13.8 Å². The number of nitro groups is 1. The van der Waals surface area contributed by atoms with Gasteiger partial charge in [0.15, 0.2) is 0 Å². The fraction of sp³-hybridized carbons (Fsp3) is 0.222. The van der Waals surface area contributed by atoms with Crippen LogP contribution in [0.4, 0.5) is 5.69 Å². The highest BCUT2D eigenvalue weighted by atomic mass is 16.6. The summed E-state index contributed by atoms with van der Waals surface area (Å²) in [4.78, 5) is 21.7. The summed E-state index contributed by atoms with van der Waals surface area (Å²) in [6.45, 7) is 3.56. The number of hydrogen-bond donors (Lipinski definition) is 1. The number of nitrogens with one attached hydrogen (secondary N) is 1. The Kier molecular flexibility index (Phi) is 2.47. The molecule has 8 heteroatoms. The second kappa shape index (κ2) is 3.81. The smallest absolute Gasteiger partial charge is 0.258 e. The van der Waals surface area contributed by atoms with E-state index in [1.165, 1.54) is 12.1 Å². The summed E-state index contributed by atoms with van der Waals surface area (Å²) in [5.74, 6) is 0. The molecule has 2 aromatic rings. The van der Waals surface area contributed by atoms with Crippen molar-refractivity contribution in [3.05, 3.63) is 43.9 Å². The standard InChI is InChI=1S/C9H9N5O3/c1-5-3-7(13-9(15)10-11-12-13)8(14(16)17)4-6(5)2/h3-4H,1-2H3,(H,10,12,15). The van der Waals surface area contributed by atoms with Crippen molar-refractivity contribution in [1.82, 2.24) is 20.2 Å². The highest BCUT2D eigenvalue weighted by molar-refractivity contribution is 5.55. The molecule has 1 N–H and O–H groups in total. The first-order valence-electron chi connectivity index (χ1n) is 4.77. The number of benzene rings is 1. The molecule has 1 aromatic carbocycles. The third-order valence-electron chi connectivity index (χ3n) is 2.49. The molecule has 0 aliphatic rings. The molecule has 2 rings (SSSR count). The van der Waals surface area contributed by atoms with Gasteiger partial charge in [0.1, 0.15) is 5.69 Å². The van der Waals surface area contributed by atoms with Gasteiger partial charge in [0.05, 0.1) is 4.92 Å². The molecule has 0 saturated heterocycles. The van der Waals surface area contributed by atoms with E-state index >= 15 is 0 Å². The minimum atomic E-state index is -0.614. The van der Waals surface area contributed by atoms with Gasteiger partial charge in [-0.1, -0.05) is 0 Å². The van der Waals surface area contributed by atoms with Crippen molar-refractivity contribution in [2.75, 3.05) is 0 Å². The van der Waals surface area contributed by atoms with Crippen LogP contribution in [-0.4, -0.2) is 25.1 Å². The van der Waals surface area contributed by atoms with Crippen molar-refractivity contribution >= 4 is 5.69 Å². The van der Waals surface area contributed by atoms with Crippen LogP contribution in [0.2, 0.25) is 0 Å². The highest BCUT2D eigenvalue weighted by Gasteiger charge is 2.19. The molecule has 8 nitrogen and oxygen atoms in total. The number of aromatic nitrogens is 4. The number of nitro benzene ring substituents is 1. The molecule has 0 amide bonds. The number of tetrazole rings is 1. The van der Waals surface area contributed by atoms with Crippen molar-refractivity contribution in [3.8, 4) is 5.69 Å². The van der Waals surface area contributed by atoms with E-state index < -0.39 is 10.6 Å². The van der Waals surface area contributed by atoms with E-state index in [2.05, 4.69) is 15.5 Å². The first-order chi connectivity index (χ1) is 8.00. The predicted octanol–water partition coefficient (Wildman–Crippen LogP) is 0.481. The summed E-state index contributed by atoms with van der Waals surface area (Å²) in [6.07, 6.45) is 0. The lowest BCUT2D eigenvalue weighted by Gasteiger charge is -2.04. The molecule has 88 valence electrons. The molecule has 0 saturated carbocycles. The molecular formula is C9H9N5O3. The summed E-state index contributed by atoms with van der Waals surface area (Å²) < 4.78 is 0.866. The average molecular weight is 235 g/mol. The van der Waals surface area contributed by atoms with Crippen LogP contribution in [0, 0.1) is 24.0 Å². The van der Waals surface area contributed by atoms with E-state index in [0.717, 1.165) is 15.8 Å². The maximum atomic E-state index is 11.4. The normalized spacial score (nSPS) is 10.5. The molecule has 0 aliphatic heterocycles. The first kappa shape index (κ1) is 11.0. The number of nitrogens with zero attached hydrogens (tertiary/aromatic N) is 4. The van der Waals surface area contributed by atoms with E-state index in [9.17, 15) is 14.9 Å². The Hall–Kier alpha value is -2.51. The zero-order valence-electron chi connectivity index (χ0n) is 9.17. The van der Waals surface area contributed by atoms with Gasteiger partial charge in [-0.2, -0.15) is 4.68 Å². The molecule has 0 bridgehead atoms. The maximum Gasteiger partial charge on any atom is 0.366 e. The van der Waals surface area contributed by atoms with Crippen LogP contribution in [0.1, 0.15) is 11.1 Å². The average Bonchev–Trinajstić information content (AvgIpc) is 2.67. The molecule has 0 spiro atoms. The van der Waals surface area contributed by atoms with Gasteiger partial charge in [0.2, 0.25) is 0 Å². The van der Waals surface area contributed by atoms with Crippen LogP contribution in [0.3, 0.4) is 0 Å². The van der Waals surface area contributed by atoms with E-state index in [-0.39, 0.29) is 11.4 Å². The number of hydrogen-bond acceptors (Lipinski definition) is 5. The maximum absolute atomic E-state index is 11.4. The predicted molar refractivity (Wildman–Crippen MR) is 58.1 cm³/mol. The van der Waals surface area contributed by atoms with Gasteiger partial charge in [0.25, 0.3) is 5.69 Å². The molecule has 0 unspecified atom stereocenters. The van der Waals surface area contributed by atoms with Gasteiger partial charge in [-0.25, -0.2) is 9.89 Å². The summed E-state index contributed by atoms with van der Waals surface area (Å²) in [5, 5.41) is 19.8. The molecule has 0 aliphatic carbocycles. The van der Waals surface area contributed by atoms with Crippen LogP contribution in [-0.2, 0) is 0 Å². The minimum Gasteiger partial charge on any atom is -0.258 e. The zero-order chi connectivity index (χ0) is 12.6. The zero-order valence-corrected chi connectivity index (χ0v) is 9.17. The summed E-state index contributed by atoms with van der Waals surface area (Å²) in [7, 11) is 0. The number of rotatable bonds is 2. The van der Waals surface area contributed by atoms with Crippen LogP contribution in [0.15, 0.2) is 16.9 Å². The number of aromatic amines is 1. The Morgan fingerprint density at radius 1 is 1.35 bits per heavy atom. The number of aryl methyl sites for hydroxylation is 2. The minimum absolute atomic E-state index is 0.108. The fourth-order valence-corrected chi connectivity index (χ4v) is 1.46. The third kappa shape index (κ3) is 1.80. The lowest BCUT2D eigenvalue weighted by molar-refractivity contribution is -0.384. The Labute approximate surface area is 95.0 Å². The molecule has 17 heavy (non-hydrogen) atoms. The second-order valence-electron chi connectivity index (χ2n) is 3.60.